The first-order valence-corrected chi connectivity index (χ1v) is 4.68. The highest BCUT2D eigenvalue weighted by atomic mass is 79.9. The Morgan fingerprint density at radius 2 is 2.15 bits per heavy atom. The Morgan fingerprint density at radius 1 is 1.54 bits per heavy atom. The minimum absolute atomic E-state index is 0.0947. The van der Waals surface area contributed by atoms with Crippen LogP contribution in [0, 0.1) is 0 Å². The summed E-state index contributed by atoms with van der Waals surface area (Å²) >= 11 is 3.26. The molecule has 0 aliphatic rings. The lowest BCUT2D eigenvalue weighted by Crippen LogP contribution is -2.05. The Hall–Kier alpha value is -0.740. The minimum Gasteiger partial charge on any atom is -0.503 e. The Balaban J connectivity index is 3.23. The van der Waals surface area contributed by atoms with E-state index in [1.807, 2.05) is 13.0 Å². The van der Waals surface area contributed by atoms with E-state index < -0.39 is 0 Å². The molecule has 1 aromatic carbocycles. The zero-order chi connectivity index (χ0) is 10.0. The molecule has 3 nitrogen and oxygen atoms in total. The van der Waals surface area contributed by atoms with Gasteiger partial charge < -0.3 is 15.6 Å². The predicted octanol–water partition coefficient (Wildman–Crippen LogP) is 2.18. The highest BCUT2D eigenvalue weighted by molar-refractivity contribution is 9.10. The Kier molecular flexibility index (Phi) is 3.17. The molecule has 1 atom stereocenters. The zero-order valence-corrected chi connectivity index (χ0v) is 9.13. The van der Waals surface area contributed by atoms with Crippen molar-refractivity contribution in [2.24, 2.45) is 5.73 Å². The van der Waals surface area contributed by atoms with Gasteiger partial charge in [0.15, 0.2) is 11.5 Å². The Labute approximate surface area is 85.6 Å². The van der Waals surface area contributed by atoms with Gasteiger partial charge in [-0.1, -0.05) is 6.07 Å². The lowest BCUT2D eigenvalue weighted by molar-refractivity contribution is 0.371. The Bertz CT molecular complexity index is 313. The number of methoxy groups -OCH3 is 1. The van der Waals surface area contributed by atoms with Gasteiger partial charge in [-0.2, -0.15) is 0 Å². The molecule has 0 saturated carbocycles. The van der Waals surface area contributed by atoms with Crippen molar-refractivity contribution in [1.29, 1.82) is 0 Å². The standard InChI is InChI=1S/C9H12BrNO2/c1-5(11)6-3-4-7(13-2)9(12)8(6)10/h3-5,12H,11H2,1-2H3/t5-/m0/s1. The number of aromatic hydroxyl groups is 1. The summed E-state index contributed by atoms with van der Waals surface area (Å²) in [6.45, 7) is 1.85. The summed E-state index contributed by atoms with van der Waals surface area (Å²) in [5.74, 6) is 0.536. The van der Waals surface area contributed by atoms with E-state index in [0.29, 0.717) is 10.2 Å². The minimum atomic E-state index is -0.119. The fraction of sp³-hybridized carbons (Fsp3) is 0.333. The quantitative estimate of drug-likeness (QED) is 0.840. The molecule has 0 spiro atoms. The lowest BCUT2D eigenvalue weighted by atomic mass is 10.1. The molecule has 1 rings (SSSR count). The molecule has 0 aromatic heterocycles. The summed E-state index contributed by atoms with van der Waals surface area (Å²) in [6.07, 6.45) is 0. The first kappa shape index (κ1) is 10.3. The number of phenolic OH excluding ortho intramolecular Hbond substituents is 1. The molecule has 1 aromatic rings. The van der Waals surface area contributed by atoms with Crippen molar-refractivity contribution >= 4 is 15.9 Å². The van der Waals surface area contributed by atoms with Crippen LogP contribution in [-0.2, 0) is 0 Å². The fourth-order valence-corrected chi connectivity index (χ4v) is 1.77. The van der Waals surface area contributed by atoms with Crippen LogP contribution < -0.4 is 10.5 Å². The number of halogens is 1. The molecule has 13 heavy (non-hydrogen) atoms. The summed E-state index contributed by atoms with van der Waals surface area (Å²) in [5, 5.41) is 9.60. The molecule has 0 fully saturated rings. The van der Waals surface area contributed by atoms with Crippen molar-refractivity contribution in [2.45, 2.75) is 13.0 Å². The number of hydrogen-bond acceptors (Lipinski definition) is 3. The SMILES string of the molecule is COc1ccc([C@H](C)N)c(Br)c1O. The highest BCUT2D eigenvalue weighted by Crippen LogP contribution is 2.38. The van der Waals surface area contributed by atoms with Gasteiger partial charge in [-0.25, -0.2) is 0 Å². The third-order valence-electron chi connectivity index (χ3n) is 1.82. The van der Waals surface area contributed by atoms with Crippen molar-refractivity contribution in [3.8, 4) is 11.5 Å². The highest BCUT2D eigenvalue weighted by Gasteiger charge is 2.12. The number of phenols is 1. The van der Waals surface area contributed by atoms with Gasteiger partial charge in [0.2, 0.25) is 0 Å². The van der Waals surface area contributed by atoms with E-state index in [1.54, 1.807) is 6.07 Å². The van der Waals surface area contributed by atoms with Gasteiger partial charge in [0.1, 0.15) is 0 Å². The van der Waals surface area contributed by atoms with Gasteiger partial charge in [-0.15, -0.1) is 0 Å². The second kappa shape index (κ2) is 3.98. The van der Waals surface area contributed by atoms with Gasteiger partial charge in [-0.05, 0) is 34.5 Å². The van der Waals surface area contributed by atoms with Crippen molar-refractivity contribution in [1.82, 2.24) is 0 Å². The average Bonchev–Trinajstić information content (AvgIpc) is 2.09. The van der Waals surface area contributed by atoms with Gasteiger partial charge in [-0.3, -0.25) is 0 Å². The van der Waals surface area contributed by atoms with Crippen LogP contribution in [-0.4, -0.2) is 12.2 Å². The normalized spacial score (nSPS) is 12.6. The van der Waals surface area contributed by atoms with Crippen molar-refractivity contribution in [3.63, 3.8) is 0 Å². The maximum atomic E-state index is 9.60. The second-order valence-electron chi connectivity index (χ2n) is 2.81. The summed E-state index contributed by atoms with van der Waals surface area (Å²) in [4.78, 5) is 0. The first-order chi connectivity index (χ1) is 6.07. The van der Waals surface area contributed by atoms with E-state index in [-0.39, 0.29) is 11.8 Å². The predicted molar refractivity (Wildman–Crippen MR) is 55.0 cm³/mol. The van der Waals surface area contributed by atoms with Crippen molar-refractivity contribution in [3.05, 3.63) is 22.2 Å². The smallest absolute Gasteiger partial charge is 0.172 e. The van der Waals surface area contributed by atoms with Gasteiger partial charge in [0.25, 0.3) is 0 Å². The van der Waals surface area contributed by atoms with Crippen LogP contribution in [0.5, 0.6) is 11.5 Å². The van der Waals surface area contributed by atoms with Crippen LogP contribution in [0.4, 0.5) is 0 Å². The van der Waals surface area contributed by atoms with Gasteiger partial charge in [0, 0.05) is 6.04 Å². The summed E-state index contributed by atoms with van der Waals surface area (Å²) < 4.78 is 5.54. The average molecular weight is 246 g/mol. The molecular formula is C9H12BrNO2. The third kappa shape index (κ3) is 1.95. The van der Waals surface area contributed by atoms with E-state index in [0.717, 1.165) is 5.56 Å². The number of nitrogens with two attached hydrogens (primary N) is 1. The van der Waals surface area contributed by atoms with E-state index in [2.05, 4.69) is 15.9 Å². The molecule has 0 unspecified atom stereocenters. The molecular weight excluding hydrogens is 234 g/mol. The molecule has 4 heteroatoms. The molecule has 0 radical (unpaired) electrons. The topological polar surface area (TPSA) is 55.5 Å². The lowest BCUT2D eigenvalue weighted by Gasteiger charge is -2.12. The van der Waals surface area contributed by atoms with Crippen LogP contribution in [0.1, 0.15) is 18.5 Å². The molecule has 0 aliphatic heterocycles. The number of ether oxygens (including phenoxy) is 1. The Morgan fingerprint density at radius 3 is 2.62 bits per heavy atom. The van der Waals surface area contributed by atoms with E-state index in [9.17, 15) is 5.11 Å². The summed E-state index contributed by atoms with van der Waals surface area (Å²) in [6, 6.07) is 3.40. The largest absolute Gasteiger partial charge is 0.503 e. The van der Waals surface area contributed by atoms with Gasteiger partial charge in [0.05, 0.1) is 11.6 Å². The zero-order valence-electron chi connectivity index (χ0n) is 7.54. The monoisotopic (exact) mass is 245 g/mol. The molecule has 0 saturated heterocycles. The molecule has 0 bridgehead atoms. The maximum Gasteiger partial charge on any atom is 0.172 e. The molecule has 0 heterocycles. The maximum absolute atomic E-state index is 9.60. The van der Waals surface area contributed by atoms with Crippen molar-refractivity contribution < 1.29 is 9.84 Å². The third-order valence-corrected chi connectivity index (χ3v) is 2.65. The van der Waals surface area contributed by atoms with E-state index >= 15 is 0 Å². The van der Waals surface area contributed by atoms with Gasteiger partial charge >= 0.3 is 0 Å². The van der Waals surface area contributed by atoms with Crippen LogP contribution in [0.15, 0.2) is 16.6 Å². The summed E-state index contributed by atoms with van der Waals surface area (Å²) in [5.41, 5.74) is 6.55. The molecule has 3 N–H and O–H groups in total. The number of rotatable bonds is 2. The number of benzene rings is 1. The first-order valence-electron chi connectivity index (χ1n) is 3.89. The number of hydrogen-bond donors (Lipinski definition) is 2. The molecule has 72 valence electrons. The van der Waals surface area contributed by atoms with Crippen LogP contribution in [0.2, 0.25) is 0 Å². The van der Waals surface area contributed by atoms with Crippen LogP contribution in [0.3, 0.4) is 0 Å². The van der Waals surface area contributed by atoms with E-state index in [4.69, 9.17) is 10.5 Å². The fourth-order valence-electron chi connectivity index (χ4n) is 1.08. The van der Waals surface area contributed by atoms with E-state index in [1.165, 1.54) is 7.11 Å². The van der Waals surface area contributed by atoms with Crippen molar-refractivity contribution in [2.75, 3.05) is 7.11 Å². The second-order valence-corrected chi connectivity index (χ2v) is 3.60. The molecule has 0 amide bonds. The van der Waals surface area contributed by atoms with Crippen LogP contribution >= 0.6 is 15.9 Å². The van der Waals surface area contributed by atoms with Crippen LogP contribution in [0.25, 0.3) is 0 Å². The summed E-state index contributed by atoms with van der Waals surface area (Å²) in [7, 11) is 1.51. The molecule has 0 aliphatic carbocycles.